The lowest BCUT2D eigenvalue weighted by molar-refractivity contribution is 0.113. The van der Waals surface area contributed by atoms with Crippen LogP contribution in [-0.4, -0.2) is 14.5 Å². The Morgan fingerprint density at radius 1 is 1.46 bits per heavy atom. The first-order valence-corrected chi connectivity index (χ1v) is 4.25. The van der Waals surface area contributed by atoms with Crippen LogP contribution in [0.3, 0.4) is 0 Å². The number of hydrogen-bond acceptors (Lipinski definition) is 3. The number of rotatable bonds is 2. The third-order valence-electron chi connectivity index (χ3n) is 1.77. The monoisotopic (exact) mass is 228 g/mol. The van der Waals surface area contributed by atoms with E-state index in [0.717, 1.165) is 0 Å². The highest BCUT2D eigenvalue weighted by Crippen LogP contribution is 2.59. The molecule has 1 aromatic rings. The summed E-state index contributed by atoms with van der Waals surface area (Å²) in [6.07, 6.45) is -2.29. The molecule has 1 atom stereocenters. The summed E-state index contributed by atoms with van der Waals surface area (Å²) in [4.78, 5) is 0. The molecule has 0 amide bonds. The lowest BCUT2D eigenvalue weighted by atomic mass is 10.4. The predicted octanol–water partition coefficient (Wildman–Crippen LogP) is 2.67. The molecule has 0 saturated heterocycles. The Kier molecular flexibility index (Phi) is 1.96. The van der Waals surface area contributed by atoms with Crippen molar-refractivity contribution in [1.29, 1.82) is 0 Å². The van der Waals surface area contributed by atoms with Gasteiger partial charge >= 0.3 is 6.43 Å². The van der Waals surface area contributed by atoms with E-state index < -0.39 is 16.6 Å². The Labute approximate surface area is 82.0 Å². The molecule has 0 aromatic carbocycles. The van der Waals surface area contributed by atoms with Crippen LogP contribution in [0.15, 0.2) is 4.42 Å². The van der Waals surface area contributed by atoms with Gasteiger partial charge in [-0.25, -0.2) is 0 Å². The largest absolute Gasteiger partial charge is 0.419 e. The molecule has 1 aliphatic carbocycles. The third kappa shape index (κ3) is 1.62. The molecule has 1 unspecified atom stereocenters. The van der Waals surface area contributed by atoms with Gasteiger partial charge in [0.25, 0.3) is 5.89 Å². The fraction of sp³-hybridized carbons (Fsp3) is 0.667. The standard InChI is InChI=1S/C6H4Cl2F2N2O/c7-6(8)1-2(6)4-11-12-5(13-4)3(9)10/h2-3H,1H2. The van der Waals surface area contributed by atoms with Crippen molar-refractivity contribution >= 4 is 23.2 Å². The maximum atomic E-state index is 12.0. The maximum absolute atomic E-state index is 12.0. The van der Waals surface area contributed by atoms with Crippen molar-refractivity contribution in [1.82, 2.24) is 10.2 Å². The molecule has 1 fully saturated rings. The van der Waals surface area contributed by atoms with Gasteiger partial charge < -0.3 is 4.42 Å². The quantitative estimate of drug-likeness (QED) is 0.731. The van der Waals surface area contributed by atoms with E-state index in [-0.39, 0.29) is 11.8 Å². The molecule has 3 nitrogen and oxygen atoms in total. The van der Waals surface area contributed by atoms with E-state index in [2.05, 4.69) is 14.6 Å². The zero-order valence-corrected chi connectivity index (χ0v) is 7.69. The molecule has 1 aromatic heterocycles. The van der Waals surface area contributed by atoms with Crippen molar-refractivity contribution in [3.8, 4) is 0 Å². The minimum Gasteiger partial charge on any atom is -0.419 e. The summed E-state index contributed by atoms with van der Waals surface area (Å²) in [7, 11) is 0. The molecule has 0 N–H and O–H groups in total. The smallest absolute Gasteiger partial charge is 0.314 e. The molecule has 2 rings (SSSR count). The highest BCUT2D eigenvalue weighted by molar-refractivity contribution is 6.51. The Bertz CT molecular complexity index is 328. The average Bonchev–Trinajstić information content (AvgIpc) is 2.50. The van der Waals surface area contributed by atoms with E-state index in [1.165, 1.54) is 0 Å². The summed E-state index contributed by atoms with van der Waals surface area (Å²) >= 11 is 11.4. The van der Waals surface area contributed by atoms with Crippen LogP contribution >= 0.6 is 23.2 Å². The van der Waals surface area contributed by atoms with Gasteiger partial charge in [-0.3, -0.25) is 0 Å². The molecule has 13 heavy (non-hydrogen) atoms. The van der Waals surface area contributed by atoms with Crippen LogP contribution in [0.2, 0.25) is 0 Å². The van der Waals surface area contributed by atoms with Gasteiger partial charge in [0.05, 0.1) is 5.92 Å². The number of alkyl halides is 4. The van der Waals surface area contributed by atoms with Crippen molar-refractivity contribution in [3.63, 3.8) is 0 Å². The summed E-state index contributed by atoms with van der Waals surface area (Å²) in [6.45, 7) is 0. The molecule has 1 saturated carbocycles. The van der Waals surface area contributed by atoms with Crippen LogP contribution in [0.5, 0.6) is 0 Å². The van der Waals surface area contributed by atoms with Gasteiger partial charge in [0.2, 0.25) is 5.89 Å². The SMILES string of the molecule is FC(F)c1nnc(C2CC2(Cl)Cl)o1. The van der Waals surface area contributed by atoms with Crippen molar-refractivity contribution < 1.29 is 13.2 Å². The Morgan fingerprint density at radius 3 is 2.46 bits per heavy atom. The summed E-state index contributed by atoms with van der Waals surface area (Å²) in [5.74, 6) is -0.915. The van der Waals surface area contributed by atoms with E-state index in [9.17, 15) is 8.78 Å². The van der Waals surface area contributed by atoms with Crippen molar-refractivity contribution in [3.05, 3.63) is 11.8 Å². The first-order valence-electron chi connectivity index (χ1n) is 3.50. The lowest BCUT2D eigenvalue weighted by Gasteiger charge is -1.92. The number of nitrogens with zero attached hydrogens (tertiary/aromatic N) is 2. The van der Waals surface area contributed by atoms with Gasteiger partial charge in [-0.15, -0.1) is 33.4 Å². The molecular weight excluding hydrogens is 225 g/mol. The van der Waals surface area contributed by atoms with E-state index in [1.807, 2.05) is 0 Å². The second-order valence-corrected chi connectivity index (χ2v) is 4.34. The number of halogens is 4. The molecule has 1 aliphatic rings. The van der Waals surface area contributed by atoms with Crippen LogP contribution in [0, 0.1) is 0 Å². The van der Waals surface area contributed by atoms with E-state index in [0.29, 0.717) is 6.42 Å². The highest BCUT2D eigenvalue weighted by atomic mass is 35.5. The molecule has 0 bridgehead atoms. The summed E-state index contributed by atoms with van der Waals surface area (Å²) < 4.78 is 27.7. The van der Waals surface area contributed by atoms with Crippen LogP contribution < -0.4 is 0 Å². The predicted molar refractivity (Wildman–Crippen MR) is 41.1 cm³/mol. The van der Waals surface area contributed by atoms with Gasteiger partial charge in [-0.2, -0.15) is 8.78 Å². The van der Waals surface area contributed by atoms with Crippen LogP contribution in [-0.2, 0) is 0 Å². The van der Waals surface area contributed by atoms with E-state index in [4.69, 9.17) is 23.2 Å². The Hall–Kier alpha value is -0.420. The van der Waals surface area contributed by atoms with Gasteiger partial charge in [0.1, 0.15) is 4.33 Å². The van der Waals surface area contributed by atoms with Gasteiger partial charge in [0, 0.05) is 0 Å². The van der Waals surface area contributed by atoms with Crippen LogP contribution in [0.4, 0.5) is 8.78 Å². The van der Waals surface area contributed by atoms with Gasteiger partial charge in [-0.1, -0.05) is 0 Å². The molecule has 72 valence electrons. The van der Waals surface area contributed by atoms with Crippen LogP contribution in [0.1, 0.15) is 30.5 Å². The van der Waals surface area contributed by atoms with E-state index in [1.54, 1.807) is 0 Å². The highest BCUT2D eigenvalue weighted by Gasteiger charge is 2.56. The van der Waals surface area contributed by atoms with Gasteiger partial charge in [-0.05, 0) is 6.42 Å². The first kappa shape index (κ1) is 9.15. The van der Waals surface area contributed by atoms with Crippen molar-refractivity contribution in [2.75, 3.05) is 0 Å². The minimum atomic E-state index is -2.75. The topological polar surface area (TPSA) is 38.9 Å². The van der Waals surface area contributed by atoms with E-state index >= 15 is 0 Å². The second-order valence-electron chi connectivity index (χ2n) is 2.80. The molecule has 7 heteroatoms. The maximum Gasteiger partial charge on any atom is 0.314 e. The second kappa shape index (κ2) is 2.78. The molecule has 0 spiro atoms. The molecular formula is C6H4Cl2F2N2O. The average molecular weight is 229 g/mol. The molecule has 0 radical (unpaired) electrons. The Balaban J connectivity index is 2.16. The lowest BCUT2D eigenvalue weighted by Crippen LogP contribution is -1.89. The minimum absolute atomic E-state index is 0.0836. The zero-order valence-electron chi connectivity index (χ0n) is 6.18. The summed E-state index contributed by atoms with van der Waals surface area (Å²) in [5, 5.41) is 6.59. The normalized spacial score (nSPS) is 25.2. The van der Waals surface area contributed by atoms with Crippen molar-refractivity contribution in [2.24, 2.45) is 0 Å². The summed E-state index contributed by atoms with van der Waals surface area (Å²) in [6, 6.07) is 0. The zero-order chi connectivity index (χ0) is 9.64. The molecule has 0 aliphatic heterocycles. The fourth-order valence-electron chi connectivity index (χ4n) is 0.957. The van der Waals surface area contributed by atoms with Crippen molar-refractivity contribution in [2.45, 2.75) is 23.1 Å². The van der Waals surface area contributed by atoms with Gasteiger partial charge in [0.15, 0.2) is 0 Å². The van der Waals surface area contributed by atoms with Crippen LogP contribution in [0.25, 0.3) is 0 Å². The fourth-order valence-corrected chi connectivity index (χ4v) is 1.45. The number of hydrogen-bond donors (Lipinski definition) is 0. The molecule has 1 heterocycles. The summed E-state index contributed by atoms with van der Waals surface area (Å²) in [5.41, 5.74) is 0. The first-order chi connectivity index (χ1) is 6.00. The Morgan fingerprint density at radius 2 is 2.08 bits per heavy atom. The number of aromatic nitrogens is 2. The third-order valence-corrected chi connectivity index (χ3v) is 2.60.